The molecule has 0 rings (SSSR count). The van der Waals surface area contributed by atoms with Crippen LogP contribution in [0.4, 0.5) is 0 Å². The van der Waals surface area contributed by atoms with Crippen LogP contribution in [-0.4, -0.2) is 23.9 Å². The van der Waals surface area contributed by atoms with Crippen molar-refractivity contribution >= 4 is 5.91 Å². The smallest absolute Gasteiger partial charge is 0.225 e. The topological polar surface area (TPSA) is 20.3 Å². The van der Waals surface area contributed by atoms with Gasteiger partial charge < -0.3 is 4.90 Å². The predicted molar refractivity (Wildman–Crippen MR) is 51.6 cm³/mol. The standard InChI is InChI=1S/C10H20NO/c1-6-11(7-8(2)3)10(12)9(4)5/h8-9H,1,6-7H2,2-5H3. The van der Waals surface area contributed by atoms with Gasteiger partial charge in [0, 0.05) is 19.0 Å². The Bertz CT molecular complexity index is 141. The number of carbonyl (C=O) groups is 1. The van der Waals surface area contributed by atoms with Crippen molar-refractivity contribution in [2.24, 2.45) is 11.8 Å². The number of nitrogens with zero attached hydrogens (tertiary/aromatic N) is 1. The van der Waals surface area contributed by atoms with Crippen LogP contribution in [0, 0.1) is 18.8 Å². The number of amides is 1. The van der Waals surface area contributed by atoms with Crippen molar-refractivity contribution in [3.8, 4) is 0 Å². The summed E-state index contributed by atoms with van der Waals surface area (Å²) in [6.07, 6.45) is 0. The zero-order valence-electron chi connectivity index (χ0n) is 8.63. The summed E-state index contributed by atoms with van der Waals surface area (Å²) in [5.41, 5.74) is 0. The maximum absolute atomic E-state index is 11.5. The zero-order chi connectivity index (χ0) is 9.72. The van der Waals surface area contributed by atoms with Crippen molar-refractivity contribution in [1.82, 2.24) is 4.90 Å². The Morgan fingerprint density at radius 3 is 2.08 bits per heavy atom. The second-order valence-electron chi connectivity index (χ2n) is 3.83. The van der Waals surface area contributed by atoms with Crippen LogP contribution in [0.1, 0.15) is 27.7 Å². The van der Waals surface area contributed by atoms with E-state index < -0.39 is 0 Å². The molecule has 0 aromatic heterocycles. The van der Waals surface area contributed by atoms with Gasteiger partial charge in [0.2, 0.25) is 5.91 Å². The van der Waals surface area contributed by atoms with Crippen LogP contribution in [0.2, 0.25) is 0 Å². The van der Waals surface area contributed by atoms with Crippen LogP contribution < -0.4 is 0 Å². The highest BCUT2D eigenvalue weighted by Crippen LogP contribution is 2.04. The largest absolute Gasteiger partial charge is 0.342 e. The Hall–Kier alpha value is -0.530. The number of hydrogen-bond acceptors (Lipinski definition) is 1. The molecule has 0 bridgehead atoms. The molecule has 0 unspecified atom stereocenters. The number of carbonyl (C=O) groups excluding carboxylic acids is 1. The van der Waals surface area contributed by atoms with Gasteiger partial charge in [-0.05, 0) is 12.8 Å². The van der Waals surface area contributed by atoms with Gasteiger partial charge in [0.05, 0.1) is 0 Å². The predicted octanol–water partition coefficient (Wildman–Crippen LogP) is 1.96. The lowest BCUT2D eigenvalue weighted by Gasteiger charge is -2.24. The molecule has 1 amide bonds. The van der Waals surface area contributed by atoms with Crippen molar-refractivity contribution in [3.05, 3.63) is 6.92 Å². The van der Waals surface area contributed by atoms with Gasteiger partial charge in [-0.25, -0.2) is 0 Å². The lowest BCUT2D eigenvalue weighted by Crippen LogP contribution is -2.36. The Labute approximate surface area is 75.9 Å². The molecular weight excluding hydrogens is 150 g/mol. The first-order valence-corrected chi connectivity index (χ1v) is 4.57. The molecule has 0 aliphatic rings. The van der Waals surface area contributed by atoms with E-state index in [-0.39, 0.29) is 11.8 Å². The lowest BCUT2D eigenvalue weighted by molar-refractivity contribution is -0.134. The minimum absolute atomic E-state index is 0.0884. The van der Waals surface area contributed by atoms with Crippen molar-refractivity contribution in [1.29, 1.82) is 0 Å². The highest BCUT2D eigenvalue weighted by molar-refractivity contribution is 5.78. The molecule has 0 atom stereocenters. The van der Waals surface area contributed by atoms with E-state index in [1.54, 1.807) is 0 Å². The summed E-state index contributed by atoms with van der Waals surface area (Å²) < 4.78 is 0. The van der Waals surface area contributed by atoms with E-state index >= 15 is 0 Å². The summed E-state index contributed by atoms with van der Waals surface area (Å²) in [7, 11) is 0. The summed E-state index contributed by atoms with van der Waals surface area (Å²) in [4.78, 5) is 13.3. The van der Waals surface area contributed by atoms with Crippen molar-refractivity contribution in [2.75, 3.05) is 13.1 Å². The van der Waals surface area contributed by atoms with Gasteiger partial charge in [0.15, 0.2) is 0 Å². The molecule has 0 aromatic carbocycles. The van der Waals surface area contributed by atoms with Crippen LogP contribution in [0.15, 0.2) is 0 Å². The average Bonchev–Trinajstić information content (AvgIpc) is 1.98. The van der Waals surface area contributed by atoms with E-state index in [1.807, 2.05) is 18.7 Å². The van der Waals surface area contributed by atoms with E-state index in [4.69, 9.17) is 0 Å². The van der Waals surface area contributed by atoms with Gasteiger partial charge in [-0.1, -0.05) is 27.7 Å². The summed E-state index contributed by atoms with van der Waals surface area (Å²) in [5, 5.41) is 0. The number of hydrogen-bond donors (Lipinski definition) is 0. The zero-order valence-corrected chi connectivity index (χ0v) is 8.63. The Morgan fingerprint density at radius 2 is 1.83 bits per heavy atom. The molecule has 1 radical (unpaired) electrons. The highest BCUT2D eigenvalue weighted by atomic mass is 16.2. The van der Waals surface area contributed by atoms with Crippen LogP contribution >= 0.6 is 0 Å². The molecule has 0 aliphatic carbocycles. The van der Waals surface area contributed by atoms with E-state index in [0.717, 1.165) is 6.54 Å². The second kappa shape index (κ2) is 5.18. The summed E-state index contributed by atoms with van der Waals surface area (Å²) >= 11 is 0. The monoisotopic (exact) mass is 170 g/mol. The molecule has 0 saturated carbocycles. The minimum atomic E-state index is 0.0884. The van der Waals surface area contributed by atoms with E-state index in [9.17, 15) is 4.79 Å². The van der Waals surface area contributed by atoms with Crippen LogP contribution in [-0.2, 0) is 4.79 Å². The third-order valence-corrected chi connectivity index (χ3v) is 1.66. The van der Waals surface area contributed by atoms with Gasteiger partial charge in [0.1, 0.15) is 0 Å². The van der Waals surface area contributed by atoms with Gasteiger partial charge >= 0.3 is 0 Å². The maximum Gasteiger partial charge on any atom is 0.225 e. The molecule has 0 aromatic rings. The maximum atomic E-state index is 11.5. The third kappa shape index (κ3) is 3.74. The molecule has 2 nitrogen and oxygen atoms in total. The SMILES string of the molecule is [CH2]CN(CC(C)C)C(=O)C(C)C. The lowest BCUT2D eigenvalue weighted by atomic mass is 10.1. The molecule has 0 aliphatic heterocycles. The van der Waals surface area contributed by atoms with Gasteiger partial charge in [-0.2, -0.15) is 0 Å². The van der Waals surface area contributed by atoms with Crippen LogP contribution in [0.25, 0.3) is 0 Å². The molecule has 0 heterocycles. The fourth-order valence-electron chi connectivity index (χ4n) is 1.10. The van der Waals surface area contributed by atoms with Crippen LogP contribution in [0.5, 0.6) is 0 Å². The third-order valence-electron chi connectivity index (χ3n) is 1.66. The quantitative estimate of drug-likeness (QED) is 0.631. The molecule has 0 N–H and O–H groups in total. The van der Waals surface area contributed by atoms with Crippen molar-refractivity contribution in [3.63, 3.8) is 0 Å². The molecular formula is C10H20NO. The Morgan fingerprint density at radius 1 is 1.33 bits per heavy atom. The normalized spacial score (nSPS) is 10.9. The number of rotatable bonds is 4. The van der Waals surface area contributed by atoms with Crippen molar-refractivity contribution in [2.45, 2.75) is 27.7 Å². The van der Waals surface area contributed by atoms with Gasteiger partial charge in [-0.15, -0.1) is 0 Å². The summed E-state index contributed by atoms with van der Waals surface area (Å²) in [6.45, 7) is 13.2. The molecule has 0 fully saturated rings. The molecule has 71 valence electrons. The molecule has 2 heteroatoms. The summed E-state index contributed by atoms with van der Waals surface area (Å²) in [5.74, 6) is 0.818. The van der Waals surface area contributed by atoms with Crippen LogP contribution in [0.3, 0.4) is 0 Å². The molecule has 12 heavy (non-hydrogen) atoms. The second-order valence-corrected chi connectivity index (χ2v) is 3.83. The van der Waals surface area contributed by atoms with Gasteiger partial charge in [-0.3, -0.25) is 4.79 Å². The average molecular weight is 170 g/mol. The fraction of sp³-hybridized carbons (Fsp3) is 0.800. The first kappa shape index (κ1) is 11.5. The first-order chi connectivity index (χ1) is 5.49. The Balaban J connectivity index is 4.06. The Kier molecular flexibility index (Phi) is 4.95. The fourth-order valence-corrected chi connectivity index (χ4v) is 1.10. The highest BCUT2D eigenvalue weighted by Gasteiger charge is 2.15. The molecule has 0 saturated heterocycles. The minimum Gasteiger partial charge on any atom is -0.342 e. The van der Waals surface area contributed by atoms with E-state index in [1.165, 1.54) is 0 Å². The van der Waals surface area contributed by atoms with Crippen molar-refractivity contribution < 1.29 is 4.79 Å². The molecule has 0 spiro atoms. The summed E-state index contributed by atoms with van der Waals surface area (Å²) in [6, 6.07) is 0. The van der Waals surface area contributed by atoms with E-state index in [2.05, 4.69) is 20.8 Å². The van der Waals surface area contributed by atoms with E-state index in [0.29, 0.717) is 12.5 Å². The van der Waals surface area contributed by atoms with Gasteiger partial charge in [0.25, 0.3) is 0 Å². The first-order valence-electron chi connectivity index (χ1n) is 4.57.